The van der Waals surface area contributed by atoms with Gasteiger partial charge in [-0.1, -0.05) is 22.9 Å². The molecule has 0 aliphatic carbocycles. The minimum absolute atomic E-state index is 0.0903. The molecule has 1 unspecified atom stereocenters. The van der Waals surface area contributed by atoms with Crippen LogP contribution in [0.4, 0.5) is 5.69 Å². The number of benzene rings is 1. The van der Waals surface area contributed by atoms with Gasteiger partial charge in [-0.3, -0.25) is 10.1 Å². The van der Waals surface area contributed by atoms with E-state index in [1.54, 1.807) is 19.1 Å². The zero-order valence-electron chi connectivity index (χ0n) is 9.13. The normalized spacial score (nSPS) is 12.4. The molecule has 2 aromatic rings. The Bertz CT molecular complexity index is 601. The maximum absolute atomic E-state index is 11.0. The number of nitrogens with zero attached hydrogens (tertiary/aromatic N) is 3. The molecule has 94 valence electrons. The van der Waals surface area contributed by atoms with Crippen molar-refractivity contribution in [1.82, 2.24) is 10.2 Å². The van der Waals surface area contributed by atoms with Crippen molar-refractivity contribution in [3.05, 3.63) is 38.3 Å². The Kier molecular flexibility index (Phi) is 3.79. The van der Waals surface area contributed by atoms with E-state index in [2.05, 4.69) is 10.2 Å². The summed E-state index contributed by atoms with van der Waals surface area (Å²) in [5.74, 6) is 0. The van der Waals surface area contributed by atoms with Crippen LogP contribution < -0.4 is 0 Å². The van der Waals surface area contributed by atoms with E-state index in [0.717, 1.165) is 0 Å². The summed E-state index contributed by atoms with van der Waals surface area (Å²) in [4.78, 5) is 10.5. The third-order valence-corrected chi connectivity index (χ3v) is 3.88. The number of rotatable bonds is 3. The molecular weight excluding hydrogens is 297 g/mol. The average Bonchev–Trinajstić information content (AvgIpc) is 2.78. The van der Waals surface area contributed by atoms with Crippen molar-refractivity contribution in [3.63, 3.8) is 0 Å². The molecule has 0 spiro atoms. The van der Waals surface area contributed by atoms with Crippen molar-refractivity contribution in [3.8, 4) is 10.6 Å². The van der Waals surface area contributed by atoms with Crippen LogP contribution in [0.3, 0.4) is 0 Å². The van der Waals surface area contributed by atoms with E-state index in [9.17, 15) is 10.1 Å². The van der Waals surface area contributed by atoms with Gasteiger partial charge < -0.3 is 0 Å². The van der Waals surface area contributed by atoms with Gasteiger partial charge in [0.05, 0.1) is 15.9 Å². The number of nitro benzene ring substituents is 1. The third-order valence-electron chi connectivity index (χ3n) is 2.17. The summed E-state index contributed by atoms with van der Waals surface area (Å²) in [5, 5.41) is 19.9. The highest BCUT2D eigenvalue weighted by molar-refractivity contribution is 7.15. The predicted molar refractivity (Wildman–Crippen MR) is 71.3 cm³/mol. The topological polar surface area (TPSA) is 68.9 Å². The minimum Gasteiger partial charge on any atom is -0.258 e. The Morgan fingerprint density at radius 2 is 2.17 bits per heavy atom. The minimum atomic E-state index is -0.494. The van der Waals surface area contributed by atoms with Crippen LogP contribution in [0.15, 0.2) is 18.2 Å². The molecule has 0 aliphatic rings. The molecule has 1 aromatic carbocycles. The van der Waals surface area contributed by atoms with E-state index < -0.39 is 4.92 Å². The van der Waals surface area contributed by atoms with Gasteiger partial charge in [0.2, 0.25) is 0 Å². The van der Waals surface area contributed by atoms with Gasteiger partial charge in [-0.15, -0.1) is 21.8 Å². The summed E-state index contributed by atoms with van der Waals surface area (Å²) >= 11 is 12.9. The maximum Gasteiger partial charge on any atom is 0.281 e. The highest BCUT2D eigenvalue weighted by atomic mass is 35.5. The Labute approximate surface area is 117 Å². The maximum atomic E-state index is 11.0. The van der Waals surface area contributed by atoms with Gasteiger partial charge in [-0.05, 0) is 19.1 Å². The Hall–Kier alpha value is -1.24. The van der Waals surface area contributed by atoms with Gasteiger partial charge in [-0.25, -0.2) is 0 Å². The number of alkyl halides is 1. The van der Waals surface area contributed by atoms with Crippen molar-refractivity contribution in [2.75, 3.05) is 0 Å². The van der Waals surface area contributed by atoms with Crippen molar-refractivity contribution in [1.29, 1.82) is 0 Å². The Balaban J connectivity index is 2.52. The molecule has 2 rings (SSSR count). The molecule has 0 saturated heterocycles. The fourth-order valence-electron chi connectivity index (χ4n) is 1.34. The fraction of sp³-hybridized carbons (Fsp3) is 0.200. The monoisotopic (exact) mass is 303 g/mol. The van der Waals surface area contributed by atoms with Crippen molar-refractivity contribution < 1.29 is 4.92 Å². The van der Waals surface area contributed by atoms with Crippen molar-refractivity contribution in [2.45, 2.75) is 12.3 Å². The molecule has 1 aromatic heterocycles. The van der Waals surface area contributed by atoms with E-state index in [1.165, 1.54) is 17.4 Å². The standard InChI is InChI=1S/C10H7Cl2N3O2S/c1-5(11)9-13-14-10(18-9)7-3-2-6(12)4-8(7)15(16)17/h2-5H,1H3. The molecule has 1 heterocycles. The van der Waals surface area contributed by atoms with E-state index in [4.69, 9.17) is 23.2 Å². The van der Waals surface area contributed by atoms with Crippen LogP contribution in [0.5, 0.6) is 0 Å². The Morgan fingerprint density at radius 3 is 2.72 bits per heavy atom. The summed E-state index contributed by atoms with van der Waals surface area (Å²) in [6.45, 7) is 1.77. The van der Waals surface area contributed by atoms with Crippen LogP contribution in [0, 0.1) is 10.1 Å². The predicted octanol–water partition coefficient (Wildman–Crippen LogP) is 4.07. The van der Waals surface area contributed by atoms with Crippen LogP contribution in [0.25, 0.3) is 10.6 Å². The third kappa shape index (κ3) is 2.60. The Morgan fingerprint density at radius 1 is 1.44 bits per heavy atom. The number of nitro groups is 1. The van der Waals surface area contributed by atoms with Gasteiger partial charge >= 0.3 is 0 Å². The molecule has 0 amide bonds. The van der Waals surface area contributed by atoms with Crippen molar-refractivity contribution >= 4 is 40.2 Å². The lowest BCUT2D eigenvalue weighted by atomic mass is 10.2. The van der Waals surface area contributed by atoms with Gasteiger partial charge in [-0.2, -0.15) is 0 Å². The smallest absolute Gasteiger partial charge is 0.258 e. The molecule has 0 bridgehead atoms. The largest absolute Gasteiger partial charge is 0.281 e. The molecule has 0 fully saturated rings. The molecule has 0 N–H and O–H groups in total. The van der Waals surface area contributed by atoms with Crippen LogP contribution in [0.2, 0.25) is 5.02 Å². The highest BCUT2D eigenvalue weighted by Crippen LogP contribution is 2.35. The van der Waals surface area contributed by atoms with Crippen molar-refractivity contribution in [2.24, 2.45) is 0 Å². The molecule has 5 nitrogen and oxygen atoms in total. The SMILES string of the molecule is CC(Cl)c1nnc(-c2ccc(Cl)cc2[N+](=O)[O-])s1. The second-order valence-electron chi connectivity index (χ2n) is 3.48. The molecule has 0 radical (unpaired) electrons. The van der Waals surface area contributed by atoms with E-state index >= 15 is 0 Å². The first-order chi connectivity index (χ1) is 8.49. The first-order valence-corrected chi connectivity index (χ1v) is 6.54. The van der Waals surface area contributed by atoms with Gasteiger partial charge in [0.25, 0.3) is 5.69 Å². The van der Waals surface area contributed by atoms with Crippen LogP contribution in [0.1, 0.15) is 17.3 Å². The summed E-state index contributed by atoms with van der Waals surface area (Å²) in [6.07, 6.45) is 0. The van der Waals surface area contributed by atoms with Gasteiger partial charge in [0.15, 0.2) is 5.01 Å². The van der Waals surface area contributed by atoms with Gasteiger partial charge in [0, 0.05) is 11.1 Å². The molecule has 0 aliphatic heterocycles. The summed E-state index contributed by atoms with van der Waals surface area (Å²) < 4.78 is 0. The molecule has 0 saturated carbocycles. The number of hydrogen-bond acceptors (Lipinski definition) is 5. The number of halogens is 2. The lowest BCUT2D eigenvalue weighted by molar-refractivity contribution is -0.384. The van der Waals surface area contributed by atoms with E-state index in [-0.39, 0.29) is 11.1 Å². The lowest BCUT2D eigenvalue weighted by Gasteiger charge is -1.99. The quantitative estimate of drug-likeness (QED) is 0.487. The van der Waals surface area contributed by atoms with E-state index in [0.29, 0.717) is 20.6 Å². The first kappa shape index (κ1) is 13.2. The van der Waals surface area contributed by atoms with Gasteiger partial charge in [0.1, 0.15) is 5.01 Å². The number of hydrogen-bond donors (Lipinski definition) is 0. The lowest BCUT2D eigenvalue weighted by Crippen LogP contribution is -1.91. The second kappa shape index (κ2) is 5.17. The van der Waals surface area contributed by atoms with E-state index in [1.807, 2.05) is 0 Å². The molecular formula is C10H7Cl2N3O2S. The highest BCUT2D eigenvalue weighted by Gasteiger charge is 2.20. The summed E-state index contributed by atoms with van der Waals surface area (Å²) in [6, 6.07) is 4.43. The first-order valence-electron chi connectivity index (χ1n) is 4.91. The summed E-state index contributed by atoms with van der Waals surface area (Å²) in [7, 11) is 0. The van der Waals surface area contributed by atoms with Crippen LogP contribution in [-0.2, 0) is 0 Å². The second-order valence-corrected chi connectivity index (χ2v) is 5.58. The fourth-order valence-corrected chi connectivity index (χ4v) is 2.49. The molecule has 1 atom stereocenters. The number of aromatic nitrogens is 2. The molecule has 8 heteroatoms. The molecule has 18 heavy (non-hydrogen) atoms. The van der Waals surface area contributed by atoms with Crippen LogP contribution in [-0.4, -0.2) is 15.1 Å². The average molecular weight is 304 g/mol. The summed E-state index contributed by atoms with van der Waals surface area (Å²) in [5.41, 5.74) is 0.304. The zero-order chi connectivity index (χ0) is 13.3. The zero-order valence-corrected chi connectivity index (χ0v) is 11.5. The van der Waals surface area contributed by atoms with Crippen LogP contribution >= 0.6 is 34.5 Å².